The van der Waals surface area contributed by atoms with Crippen molar-refractivity contribution in [3.63, 3.8) is 0 Å². The number of rotatable bonds is 4. The van der Waals surface area contributed by atoms with Crippen LogP contribution >= 0.6 is 0 Å². The minimum atomic E-state index is -0.132. The van der Waals surface area contributed by atoms with Crippen LogP contribution in [0.3, 0.4) is 0 Å². The summed E-state index contributed by atoms with van der Waals surface area (Å²) in [5.74, 6) is -0.132. The molecule has 0 amide bonds. The van der Waals surface area contributed by atoms with Gasteiger partial charge in [0.15, 0.2) is 0 Å². The Labute approximate surface area is 118 Å². The van der Waals surface area contributed by atoms with Crippen LogP contribution in [-0.4, -0.2) is 10.8 Å². The Balaban J connectivity index is 2.33. The lowest BCUT2D eigenvalue weighted by Gasteiger charge is -2.05. The van der Waals surface area contributed by atoms with Crippen LogP contribution in [0.4, 0.5) is 5.69 Å². The summed E-state index contributed by atoms with van der Waals surface area (Å²) < 4.78 is 0. The molecular formula is C17H18N2O. The highest BCUT2D eigenvalue weighted by molar-refractivity contribution is 6.08. The van der Waals surface area contributed by atoms with Crippen molar-refractivity contribution < 1.29 is 4.79 Å². The van der Waals surface area contributed by atoms with Crippen molar-refractivity contribution in [2.24, 2.45) is 0 Å². The highest BCUT2D eigenvalue weighted by Crippen LogP contribution is 2.20. The van der Waals surface area contributed by atoms with Gasteiger partial charge in [0.1, 0.15) is 5.69 Å². The predicted octanol–water partition coefficient (Wildman–Crippen LogP) is 3.91. The van der Waals surface area contributed by atoms with Crippen LogP contribution in [0.5, 0.6) is 0 Å². The number of hydrogen-bond acceptors (Lipinski definition) is 3. The zero-order valence-electron chi connectivity index (χ0n) is 11.8. The summed E-state index contributed by atoms with van der Waals surface area (Å²) in [5.41, 5.74) is 9.22. The van der Waals surface area contributed by atoms with Gasteiger partial charge in [-0.3, -0.25) is 4.79 Å². The summed E-state index contributed by atoms with van der Waals surface area (Å²) in [4.78, 5) is 16.6. The van der Waals surface area contributed by atoms with E-state index in [1.54, 1.807) is 12.1 Å². The molecule has 2 N–H and O–H groups in total. The van der Waals surface area contributed by atoms with Gasteiger partial charge in [0, 0.05) is 5.39 Å². The van der Waals surface area contributed by atoms with Crippen molar-refractivity contribution >= 4 is 22.4 Å². The molecule has 20 heavy (non-hydrogen) atoms. The Morgan fingerprint density at radius 2 is 2.05 bits per heavy atom. The molecule has 1 aromatic heterocycles. The molecule has 3 nitrogen and oxygen atoms in total. The lowest BCUT2D eigenvalue weighted by atomic mass is 10.0. The zero-order chi connectivity index (χ0) is 14.7. The van der Waals surface area contributed by atoms with E-state index in [4.69, 9.17) is 5.73 Å². The van der Waals surface area contributed by atoms with Crippen molar-refractivity contribution in [3.05, 3.63) is 59.8 Å². The number of nitrogen functional groups attached to an aromatic ring is 1. The first kappa shape index (κ1) is 14.0. The molecule has 0 saturated carbocycles. The van der Waals surface area contributed by atoms with Crippen molar-refractivity contribution in [1.29, 1.82) is 0 Å². The molecule has 102 valence electrons. The van der Waals surface area contributed by atoms with Gasteiger partial charge in [-0.25, -0.2) is 4.98 Å². The van der Waals surface area contributed by atoms with Crippen molar-refractivity contribution in [1.82, 2.24) is 4.98 Å². The van der Waals surface area contributed by atoms with Crippen molar-refractivity contribution in [2.45, 2.75) is 20.3 Å². The minimum absolute atomic E-state index is 0.132. The van der Waals surface area contributed by atoms with Crippen LogP contribution in [0.15, 0.2) is 54.1 Å². The topological polar surface area (TPSA) is 56.0 Å². The molecule has 0 radical (unpaired) electrons. The van der Waals surface area contributed by atoms with E-state index >= 15 is 0 Å². The number of hydrogen-bond donors (Lipinski definition) is 1. The highest BCUT2D eigenvalue weighted by Gasteiger charge is 2.12. The van der Waals surface area contributed by atoms with Crippen molar-refractivity contribution in [3.8, 4) is 0 Å². The number of carbonyl (C=O) groups excluding carboxylic acids is 1. The molecule has 1 aromatic carbocycles. The number of para-hydroxylation sites is 1. The SMILES string of the molecule is C=C(CC=C(C)C)C(=O)c1ccc2cccc(N)c2n1. The molecule has 0 unspecified atom stereocenters. The van der Waals surface area contributed by atoms with Crippen molar-refractivity contribution in [2.75, 3.05) is 5.73 Å². The fourth-order valence-corrected chi connectivity index (χ4v) is 1.90. The normalized spacial score (nSPS) is 10.3. The van der Waals surface area contributed by atoms with Gasteiger partial charge >= 0.3 is 0 Å². The Morgan fingerprint density at radius 3 is 2.75 bits per heavy atom. The maximum Gasteiger partial charge on any atom is 0.207 e. The maximum absolute atomic E-state index is 12.3. The number of carbonyl (C=O) groups is 1. The molecule has 2 aromatic rings. The lowest BCUT2D eigenvalue weighted by Crippen LogP contribution is -2.05. The monoisotopic (exact) mass is 266 g/mol. The van der Waals surface area contributed by atoms with Crippen LogP contribution in [0, 0.1) is 0 Å². The number of aromatic nitrogens is 1. The van der Waals surface area contributed by atoms with E-state index < -0.39 is 0 Å². The number of pyridine rings is 1. The number of fused-ring (bicyclic) bond motifs is 1. The third kappa shape index (κ3) is 2.94. The molecule has 0 aliphatic rings. The smallest absolute Gasteiger partial charge is 0.207 e. The number of benzene rings is 1. The summed E-state index contributed by atoms with van der Waals surface area (Å²) in [6, 6.07) is 9.15. The van der Waals surface area contributed by atoms with Gasteiger partial charge in [-0.2, -0.15) is 0 Å². The second-order valence-electron chi connectivity index (χ2n) is 5.03. The van der Waals surface area contributed by atoms with E-state index in [2.05, 4.69) is 11.6 Å². The number of anilines is 1. The third-order valence-electron chi connectivity index (χ3n) is 3.06. The summed E-state index contributed by atoms with van der Waals surface area (Å²) in [6.45, 7) is 7.83. The Bertz CT molecular complexity index is 710. The van der Waals surface area contributed by atoms with Gasteiger partial charge in [0.05, 0.1) is 11.2 Å². The van der Waals surface area contributed by atoms with Gasteiger partial charge in [-0.05, 0) is 38.0 Å². The maximum atomic E-state index is 12.3. The summed E-state index contributed by atoms with van der Waals surface area (Å²) >= 11 is 0. The number of allylic oxidation sites excluding steroid dienone is 3. The summed E-state index contributed by atoms with van der Waals surface area (Å²) in [7, 11) is 0. The van der Waals surface area contributed by atoms with Crippen LogP contribution in [0.2, 0.25) is 0 Å². The van der Waals surface area contributed by atoms with Gasteiger partial charge < -0.3 is 5.73 Å². The Morgan fingerprint density at radius 1 is 1.30 bits per heavy atom. The van der Waals surface area contributed by atoms with Gasteiger partial charge in [0.2, 0.25) is 5.78 Å². The fourth-order valence-electron chi connectivity index (χ4n) is 1.90. The van der Waals surface area contributed by atoms with E-state index in [1.165, 1.54) is 0 Å². The standard InChI is InChI=1S/C17H18N2O/c1-11(2)7-8-12(3)17(20)15-10-9-13-5-4-6-14(18)16(13)19-15/h4-7,9-10H,3,8,18H2,1-2H3. The zero-order valence-corrected chi connectivity index (χ0v) is 11.8. The fraction of sp³-hybridized carbons (Fsp3) is 0.176. The van der Waals surface area contributed by atoms with Crippen LogP contribution in [0.1, 0.15) is 30.8 Å². The third-order valence-corrected chi connectivity index (χ3v) is 3.06. The first-order chi connectivity index (χ1) is 9.49. The molecule has 0 aliphatic heterocycles. The van der Waals surface area contributed by atoms with Crippen LogP contribution in [-0.2, 0) is 0 Å². The Kier molecular flexibility index (Phi) is 3.99. The first-order valence-corrected chi connectivity index (χ1v) is 6.50. The van der Waals surface area contributed by atoms with E-state index in [0.29, 0.717) is 28.9 Å². The molecule has 0 aliphatic carbocycles. The number of nitrogens with zero attached hydrogens (tertiary/aromatic N) is 1. The molecule has 0 fully saturated rings. The van der Waals surface area contributed by atoms with Crippen LogP contribution in [0.25, 0.3) is 10.9 Å². The predicted molar refractivity (Wildman–Crippen MR) is 83.7 cm³/mol. The molecular weight excluding hydrogens is 248 g/mol. The molecule has 1 heterocycles. The molecule has 0 bridgehead atoms. The molecule has 0 atom stereocenters. The van der Waals surface area contributed by atoms with E-state index in [9.17, 15) is 4.79 Å². The average Bonchev–Trinajstić information content (AvgIpc) is 2.44. The van der Waals surface area contributed by atoms with E-state index in [-0.39, 0.29) is 5.78 Å². The average molecular weight is 266 g/mol. The number of nitrogens with two attached hydrogens (primary N) is 1. The van der Waals surface area contributed by atoms with Gasteiger partial charge in [-0.15, -0.1) is 0 Å². The molecule has 2 rings (SSSR count). The van der Waals surface area contributed by atoms with Gasteiger partial charge in [-0.1, -0.05) is 36.4 Å². The summed E-state index contributed by atoms with van der Waals surface area (Å²) in [5, 5.41) is 0.927. The lowest BCUT2D eigenvalue weighted by molar-refractivity contribution is 0.102. The Hall–Kier alpha value is -2.42. The first-order valence-electron chi connectivity index (χ1n) is 6.50. The quantitative estimate of drug-likeness (QED) is 0.395. The molecule has 0 saturated heterocycles. The largest absolute Gasteiger partial charge is 0.397 e. The number of Topliss-reactive ketones (excluding diaryl/α,β-unsaturated/α-hetero) is 1. The molecule has 3 heteroatoms. The highest BCUT2D eigenvalue weighted by atomic mass is 16.1. The van der Waals surface area contributed by atoms with Gasteiger partial charge in [0.25, 0.3) is 0 Å². The minimum Gasteiger partial charge on any atom is -0.397 e. The van der Waals surface area contributed by atoms with Crippen LogP contribution < -0.4 is 5.73 Å². The number of ketones is 1. The summed E-state index contributed by atoms with van der Waals surface area (Å²) in [6.07, 6.45) is 2.53. The molecule has 0 spiro atoms. The van der Waals surface area contributed by atoms with E-state index in [1.807, 2.05) is 38.1 Å². The van der Waals surface area contributed by atoms with E-state index in [0.717, 1.165) is 11.0 Å². The second kappa shape index (κ2) is 5.70. The second-order valence-corrected chi connectivity index (χ2v) is 5.03.